The Labute approximate surface area is 85.3 Å². The van der Waals surface area contributed by atoms with Gasteiger partial charge >= 0.3 is 0 Å². The molecule has 0 bridgehead atoms. The standard InChI is InChI=1S/C11H17N3/c1-4-6-7-12-11-8-10(5-2)13-9(3)14-11/h4,6,8H,5,7H2,1-3H3,(H,12,13,14)/b6-4+. The highest BCUT2D eigenvalue weighted by Crippen LogP contribution is 2.06. The summed E-state index contributed by atoms with van der Waals surface area (Å²) in [6.07, 6.45) is 5.02. The van der Waals surface area contributed by atoms with Crippen molar-refractivity contribution in [3.05, 3.63) is 29.7 Å². The summed E-state index contributed by atoms with van der Waals surface area (Å²) in [5, 5.41) is 3.22. The highest BCUT2D eigenvalue weighted by molar-refractivity contribution is 5.36. The normalized spacial score (nSPS) is 10.8. The molecule has 0 radical (unpaired) electrons. The third kappa shape index (κ3) is 3.17. The molecule has 1 aromatic rings. The van der Waals surface area contributed by atoms with Crippen molar-refractivity contribution >= 4 is 5.82 Å². The summed E-state index contributed by atoms with van der Waals surface area (Å²) in [6, 6.07) is 2.00. The van der Waals surface area contributed by atoms with Crippen LogP contribution in [0.4, 0.5) is 5.82 Å². The Morgan fingerprint density at radius 3 is 2.86 bits per heavy atom. The molecule has 14 heavy (non-hydrogen) atoms. The van der Waals surface area contributed by atoms with Crippen molar-refractivity contribution in [3.63, 3.8) is 0 Å². The van der Waals surface area contributed by atoms with Crippen molar-refractivity contribution in [2.24, 2.45) is 0 Å². The molecule has 0 aliphatic rings. The van der Waals surface area contributed by atoms with Gasteiger partial charge in [-0.15, -0.1) is 0 Å². The molecule has 0 aliphatic carbocycles. The van der Waals surface area contributed by atoms with Crippen molar-refractivity contribution in [1.82, 2.24) is 9.97 Å². The molecule has 1 aromatic heterocycles. The van der Waals surface area contributed by atoms with E-state index in [9.17, 15) is 0 Å². The summed E-state index contributed by atoms with van der Waals surface area (Å²) in [7, 11) is 0. The first-order chi connectivity index (χ1) is 6.76. The van der Waals surface area contributed by atoms with Crippen molar-refractivity contribution in [2.45, 2.75) is 27.2 Å². The molecule has 0 saturated heterocycles. The molecule has 3 nitrogen and oxygen atoms in total. The van der Waals surface area contributed by atoms with Gasteiger partial charge in [0.25, 0.3) is 0 Å². The lowest BCUT2D eigenvalue weighted by molar-refractivity contribution is 0.948. The molecule has 1 N–H and O–H groups in total. The van der Waals surface area contributed by atoms with Gasteiger partial charge < -0.3 is 5.32 Å². The fourth-order valence-corrected chi connectivity index (χ4v) is 1.18. The predicted molar refractivity (Wildman–Crippen MR) is 59.5 cm³/mol. The number of anilines is 1. The summed E-state index contributed by atoms with van der Waals surface area (Å²) in [6.45, 7) is 6.83. The molecule has 76 valence electrons. The lowest BCUT2D eigenvalue weighted by Gasteiger charge is -2.05. The fourth-order valence-electron chi connectivity index (χ4n) is 1.18. The first kappa shape index (κ1) is 10.7. The number of hydrogen-bond donors (Lipinski definition) is 1. The van der Waals surface area contributed by atoms with Crippen LogP contribution in [0.1, 0.15) is 25.4 Å². The minimum atomic E-state index is 0.816. The molecule has 0 saturated carbocycles. The zero-order chi connectivity index (χ0) is 10.4. The van der Waals surface area contributed by atoms with Gasteiger partial charge in [-0.2, -0.15) is 0 Å². The minimum Gasteiger partial charge on any atom is -0.366 e. The number of nitrogens with zero attached hydrogens (tertiary/aromatic N) is 2. The average molecular weight is 191 g/mol. The number of allylic oxidation sites excluding steroid dienone is 1. The Morgan fingerprint density at radius 1 is 1.43 bits per heavy atom. The molecule has 3 heteroatoms. The number of aryl methyl sites for hydroxylation is 2. The maximum atomic E-state index is 4.31. The second-order valence-electron chi connectivity index (χ2n) is 3.10. The number of nitrogens with one attached hydrogen (secondary N) is 1. The van der Waals surface area contributed by atoms with Gasteiger partial charge in [-0.05, 0) is 20.3 Å². The summed E-state index contributed by atoms with van der Waals surface area (Å²) in [5.74, 6) is 1.74. The van der Waals surface area contributed by atoms with Crippen LogP contribution in [-0.4, -0.2) is 16.5 Å². The van der Waals surface area contributed by atoms with Crippen LogP contribution >= 0.6 is 0 Å². The zero-order valence-electron chi connectivity index (χ0n) is 9.04. The van der Waals surface area contributed by atoms with Crippen LogP contribution in [0.15, 0.2) is 18.2 Å². The van der Waals surface area contributed by atoms with Gasteiger partial charge in [0, 0.05) is 18.3 Å². The van der Waals surface area contributed by atoms with Gasteiger partial charge in [0.15, 0.2) is 0 Å². The van der Waals surface area contributed by atoms with E-state index >= 15 is 0 Å². The van der Waals surface area contributed by atoms with Gasteiger partial charge in [-0.1, -0.05) is 19.1 Å². The van der Waals surface area contributed by atoms with Crippen LogP contribution < -0.4 is 5.32 Å². The quantitative estimate of drug-likeness (QED) is 0.742. The second-order valence-corrected chi connectivity index (χ2v) is 3.10. The molecule has 1 heterocycles. The smallest absolute Gasteiger partial charge is 0.130 e. The zero-order valence-corrected chi connectivity index (χ0v) is 9.04. The first-order valence-corrected chi connectivity index (χ1v) is 4.95. The molecular weight excluding hydrogens is 174 g/mol. The lowest BCUT2D eigenvalue weighted by atomic mass is 10.3. The summed E-state index contributed by atoms with van der Waals surface area (Å²) < 4.78 is 0. The molecule has 0 aromatic carbocycles. The van der Waals surface area contributed by atoms with E-state index in [1.54, 1.807) is 0 Å². The van der Waals surface area contributed by atoms with E-state index in [1.807, 2.05) is 26.0 Å². The van der Waals surface area contributed by atoms with E-state index in [2.05, 4.69) is 28.3 Å². The Bertz CT molecular complexity index is 318. The van der Waals surface area contributed by atoms with Crippen molar-refractivity contribution in [2.75, 3.05) is 11.9 Å². The monoisotopic (exact) mass is 191 g/mol. The van der Waals surface area contributed by atoms with Gasteiger partial charge in [0.2, 0.25) is 0 Å². The Hall–Kier alpha value is -1.38. The van der Waals surface area contributed by atoms with Crippen LogP contribution in [0.2, 0.25) is 0 Å². The SMILES string of the molecule is C/C=C/CNc1cc(CC)nc(C)n1. The average Bonchev–Trinajstić information content (AvgIpc) is 2.17. The topological polar surface area (TPSA) is 37.8 Å². The van der Waals surface area contributed by atoms with Crippen LogP contribution in [0.3, 0.4) is 0 Å². The highest BCUT2D eigenvalue weighted by Gasteiger charge is 1.98. The van der Waals surface area contributed by atoms with Gasteiger partial charge in [0.05, 0.1) is 0 Å². The van der Waals surface area contributed by atoms with Crippen LogP contribution in [0.25, 0.3) is 0 Å². The Morgan fingerprint density at radius 2 is 2.21 bits per heavy atom. The highest BCUT2D eigenvalue weighted by atomic mass is 15.0. The Kier molecular flexibility index (Phi) is 4.11. The summed E-state index contributed by atoms with van der Waals surface area (Å²) in [5.41, 5.74) is 1.08. The molecular formula is C11H17N3. The van der Waals surface area contributed by atoms with E-state index in [-0.39, 0.29) is 0 Å². The molecule has 0 atom stereocenters. The second kappa shape index (κ2) is 5.37. The van der Waals surface area contributed by atoms with E-state index in [4.69, 9.17) is 0 Å². The molecule has 0 spiro atoms. The largest absolute Gasteiger partial charge is 0.366 e. The number of rotatable bonds is 4. The lowest BCUT2D eigenvalue weighted by Crippen LogP contribution is -2.04. The molecule has 0 amide bonds. The van der Waals surface area contributed by atoms with Gasteiger partial charge in [-0.25, -0.2) is 9.97 Å². The van der Waals surface area contributed by atoms with E-state index in [0.717, 1.165) is 30.3 Å². The summed E-state index contributed by atoms with van der Waals surface area (Å²) >= 11 is 0. The van der Waals surface area contributed by atoms with E-state index < -0.39 is 0 Å². The van der Waals surface area contributed by atoms with Crippen molar-refractivity contribution in [3.8, 4) is 0 Å². The molecule has 0 aliphatic heterocycles. The van der Waals surface area contributed by atoms with E-state index in [0.29, 0.717) is 0 Å². The number of hydrogen-bond acceptors (Lipinski definition) is 3. The van der Waals surface area contributed by atoms with Crippen molar-refractivity contribution in [1.29, 1.82) is 0 Å². The van der Waals surface area contributed by atoms with Gasteiger partial charge in [-0.3, -0.25) is 0 Å². The predicted octanol–water partition coefficient (Wildman–Crippen LogP) is 2.34. The van der Waals surface area contributed by atoms with Crippen LogP contribution in [-0.2, 0) is 6.42 Å². The minimum absolute atomic E-state index is 0.816. The van der Waals surface area contributed by atoms with Crippen LogP contribution in [0.5, 0.6) is 0 Å². The van der Waals surface area contributed by atoms with Crippen LogP contribution in [0, 0.1) is 6.92 Å². The van der Waals surface area contributed by atoms with E-state index in [1.165, 1.54) is 0 Å². The fraction of sp³-hybridized carbons (Fsp3) is 0.455. The summed E-state index contributed by atoms with van der Waals surface area (Å²) in [4.78, 5) is 8.61. The maximum Gasteiger partial charge on any atom is 0.130 e. The molecule has 0 fully saturated rings. The number of aromatic nitrogens is 2. The van der Waals surface area contributed by atoms with Gasteiger partial charge in [0.1, 0.15) is 11.6 Å². The van der Waals surface area contributed by atoms with Crippen molar-refractivity contribution < 1.29 is 0 Å². The maximum absolute atomic E-state index is 4.31. The molecule has 1 rings (SSSR count). The third-order valence-electron chi connectivity index (χ3n) is 1.89. The third-order valence-corrected chi connectivity index (χ3v) is 1.89. The Balaban J connectivity index is 2.71. The molecule has 0 unspecified atom stereocenters. The first-order valence-electron chi connectivity index (χ1n) is 4.95.